The molecule has 20 heavy (non-hydrogen) atoms. The average Bonchev–Trinajstić information content (AvgIpc) is 2.39. The number of aliphatic carboxylic acids is 1. The van der Waals surface area contributed by atoms with Crippen molar-refractivity contribution in [2.75, 3.05) is 32.7 Å². The lowest BCUT2D eigenvalue weighted by atomic mass is 9.98. The van der Waals surface area contributed by atoms with E-state index in [1.54, 1.807) is 4.90 Å². The largest absolute Gasteiger partial charge is 0.481 e. The topological polar surface area (TPSA) is 72.9 Å². The minimum absolute atomic E-state index is 0.00374. The van der Waals surface area contributed by atoms with Gasteiger partial charge in [-0.15, -0.1) is 0 Å². The maximum Gasteiger partial charge on any atom is 0.305 e. The van der Waals surface area contributed by atoms with Crippen LogP contribution in [0.5, 0.6) is 0 Å². The van der Waals surface area contributed by atoms with Crippen LogP contribution in [0.15, 0.2) is 0 Å². The first kappa shape index (κ1) is 16.9. The molecule has 1 fully saturated rings. The molecular weight excluding hydrogens is 258 g/mol. The Morgan fingerprint density at radius 2 is 1.85 bits per heavy atom. The number of carboxylic acids is 1. The van der Waals surface area contributed by atoms with E-state index in [2.05, 4.69) is 10.2 Å². The molecule has 0 unspecified atom stereocenters. The predicted octanol–water partition coefficient (Wildman–Crippen LogP) is 0.382. The molecule has 0 saturated carbocycles. The van der Waals surface area contributed by atoms with E-state index in [-0.39, 0.29) is 24.9 Å². The minimum atomic E-state index is -0.872. The molecule has 2 N–H and O–H groups in total. The third-order valence-electron chi connectivity index (χ3n) is 3.88. The quantitative estimate of drug-likeness (QED) is 0.738. The minimum Gasteiger partial charge on any atom is -0.481 e. The maximum absolute atomic E-state index is 12.8. The van der Waals surface area contributed by atoms with Crippen molar-refractivity contribution in [1.29, 1.82) is 0 Å². The van der Waals surface area contributed by atoms with Gasteiger partial charge in [0.25, 0.3) is 0 Å². The number of hydrogen-bond donors (Lipinski definition) is 2. The number of carbonyl (C=O) groups is 2. The van der Waals surface area contributed by atoms with Crippen molar-refractivity contribution in [1.82, 2.24) is 15.1 Å². The number of amides is 1. The highest BCUT2D eigenvalue weighted by Gasteiger charge is 2.38. The van der Waals surface area contributed by atoms with Crippen LogP contribution in [0.2, 0.25) is 0 Å². The van der Waals surface area contributed by atoms with Crippen molar-refractivity contribution < 1.29 is 14.7 Å². The molecular formula is C14H27N3O3. The number of hydrogen-bond acceptors (Lipinski definition) is 4. The molecule has 1 rings (SSSR count). The summed E-state index contributed by atoms with van der Waals surface area (Å²) in [4.78, 5) is 27.4. The van der Waals surface area contributed by atoms with E-state index < -0.39 is 11.5 Å². The van der Waals surface area contributed by atoms with Gasteiger partial charge in [0.1, 0.15) is 0 Å². The molecule has 6 nitrogen and oxygen atoms in total. The highest BCUT2D eigenvalue weighted by atomic mass is 16.4. The first-order valence-electron chi connectivity index (χ1n) is 7.25. The average molecular weight is 285 g/mol. The van der Waals surface area contributed by atoms with E-state index in [4.69, 9.17) is 5.11 Å². The fraction of sp³-hybridized carbons (Fsp3) is 0.857. The van der Waals surface area contributed by atoms with Crippen molar-refractivity contribution in [3.05, 3.63) is 0 Å². The van der Waals surface area contributed by atoms with Crippen molar-refractivity contribution >= 4 is 11.9 Å². The Hall–Kier alpha value is -1.14. The summed E-state index contributed by atoms with van der Waals surface area (Å²) in [7, 11) is 0. The van der Waals surface area contributed by atoms with E-state index in [0.717, 1.165) is 26.2 Å². The lowest BCUT2D eigenvalue weighted by Gasteiger charge is -2.43. The van der Waals surface area contributed by atoms with Gasteiger partial charge in [-0.05, 0) is 27.7 Å². The Morgan fingerprint density at radius 1 is 1.30 bits per heavy atom. The van der Waals surface area contributed by atoms with Gasteiger partial charge < -0.3 is 15.3 Å². The van der Waals surface area contributed by atoms with Gasteiger partial charge in [0.15, 0.2) is 0 Å². The molecule has 116 valence electrons. The third kappa shape index (κ3) is 4.18. The highest BCUT2D eigenvalue weighted by Crippen LogP contribution is 2.20. The molecule has 0 atom stereocenters. The van der Waals surface area contributed by atoms with E-state index in [1.165, 1.54) is 0 Å². The number of nitrogens with zero attached hydrogens (tertiary/aromatic N) is 2. The summed E-state index contributed by atoms with van der Waals surface area (Å²) in [5.74, 6) is -0.862. The molecule has 1 aliphatic heterocycles. The lowest BCUT2D eigenvalue weighted by molar-refractivity contribution is -0.146. The second-order valence-corrected chi connectivity index (χ2v) is 6.03. The number of rotatable bonds is 6. The molecule has 1 aliphatic rings. The standard InChI is InChI=1S/C14H27N3O3/c1-11(2)17(8-5-12(18)19)13(20)14(3,4)16-9-6-15-7-10-16/h11,15H,5-10H2,1-4H3,(H,18,19). The monoisotopic (exact) mass is 285 g/mol. The molecule has 1 heterocycles. The third-order valence-corrected chi connectivity index (χ3v) is 3.88. The summed E-state index contributed by atoms with van der Waals surface area (Å²) >= 11 is 0. The Morgan fingerprint density at radius 3 is 2.30 bits per heavy atom. The van der Waals surface area contributed by atoms with Gasteiger partial charge in [-0.2, -0.15) is 0 Å². The molecule has 0 spiro atoms. The number of carboxylic acid groups (broad SMARTS) is 1. The smallest absolute Gasteiger partial charge is 0.305 e. The predicted molar refractivity (Wildman–Crippen MR) is 77.6 cm³/mol. The SMILES string of the molecule is CC(C)N(CCC(=O)O)C(=O)C(C)(C)N1CCNCC1. The fourth-order valence-electron chi connectivity index (χ4n) is 2.52. The van der Waals surface area contributed by atoms with Crippen LogP contribution >= 0.6 is 0 Å². The summed E-state index contributed by atoms with van der Waals surface area (Å²) in [6, 6.07) is 0.00374. The van der Waals surface area contributed by atoms with E-state index in [0.29, 0.717) is 0 Å². The zero-order valence-electron chi connectivity index (χ0n) is 13.0. The molecule has 0 radical (unpaired) electrons. The second kappa shape index (κ2) is 7.04. The van der Waals surface area contributed by atoms with Crippen LogP contribution in [-0.4, -0.2) is 71.1 Å². The Kier molecular flexibility index (Phi) is 5.95. The Labute approximate surface area is 121 Å². The van der Waals surface area contributed by atoms with Crippen LogP contribution < -0.4 is 5.32 Å². The summed E-state index contributed by atoms with van der Waals surface area (Å²) in [5.41, 5.74) is -0.592. The summed E-state index contributed by atoms with van der Waals surface area (Å²) in [6.45, 7) is 11.4. The molecule has 0 aliphatic carbocycles. The zero-order chi connectivity index (χ0) is 15.3. The normalized spacial score (nSPS) is 17.2. The zero-order valence-corrected chi connectivity index (χ0v) is 13.0. The van der Waals surface area contributed by atoms with Crippen LogP contribution in [0.1, 0.15) is 34.1 Å². The summed E-state index contributed by atoms with van der Waals surface area (Å²) in [5, 5.41) is 12.1. The summed E-state index contributed by atoms with van der Waals surface area (Å²) < 4.78 is 0. The Bertz CT molecular complexity index is 350. The van der Waals surface area contributed by atoms with Crippen LogP contribution in [0.3, 0.4) is 0 Å². The van der Waals surface area contributed by atoms with E-state index in [1.807, 2.05) is 27.7 Å². The first-order valence-corrected chi connectivity index (χ1v) is 7.25. The maximum atomic E-state index is 12.8. The van der Waals surface area contributed by atoms with E-state index in [9.17, 15) is 9.59 Å². The molecule has 1 amide bonds. The van der Waals surface area contributed by atoms with Crippen molar-refractivity contribution in [3.8, 4) is 0 Å². The van der Waals surface area contributed by atoms with E-state index >= 15 is 0 Å². The molecule has 0 aromatic carbocycles. The number of carbonyl (C=O) groups excluding carboxylic acids is 1. The number of nitrogens with one attached hydrogen (secondary N) is 1. The summed E-state index contributed by atoms with van der Waals surface area (Å²) in [6.07, 6.45) is -0.0123. The molecule has 6 heteroatoms. The molecule has 0 aromatic heterocycles. The molecule has 0 aromatic rings. The first-order chi connectivity index (χ1) is 9.26. The van der Waals surface area contributed by atoms with Gasteiger partial charge >= 0.3 is 5.97 Å². The van der Waals surface area contributed by atoms with Gasteiger partial charge in [-0.3, -0.25) is 14.5 Å². The lowest BCUT2D eigenvalue weighted by Crippen LogP contribution is -2.61. The Balaban J connectivity index is 2.77. The molecule has 0 bridgehead atoms. The van der Waals surface area contributed by atoms with Gasteiger partial charge in [-0.1, -0.05) is 0 Å². The van der Waals surface area contributed by atoms with Gasteiger partial charge in [0.2, 0.25) is 5.91 Å². The van der Waals surface area contributed by atoms with Crippen LogP contribution in [0.4, 0.5) is 0 Å². The van der Waals surface area contributed by atoms with Gasteiger partial charge in [0.05, 0.1) is 12.0 Å². The molecule has 1 saturated heterocycles. The second-order valence-electron chi connectivity index (χ2n) is 6.03. The van der Waals surface area contributed by atoms with Crippen molar-refractivity contribution in [2.45, 2.75) is 45.7 Å². The van der Waals surface area contributed by atoms with Gasteiger partial charge in [-0.25, -0.2) is 0 Å². The van der Waals surface area contributed by atoms with Crippen LogP contribution in [0, 0.1) is 0 Å². The van der Waals surface area contributed by atoms with Crippen LogP contribution in [-0.2, 0) is 9.59 Å². The van der Waals surface area contributed by atoms with Crippen molar-refractivity contribution in [3.63, 3.8) is 0 Å². The van der Waals surface area contributed by atoms with Crippen LogP contribution in [0.25, 0.3) is 0 Å². The highest BCUT2D eigenvalue weighted by molar-refractivity contribution is 5.86. The van der Waals surface area contributed by atoms with Crippen molar-refractivity contribution in [2.24, 2.45) is 0 Å². The van der Waals surface area contributed by atoms with Gasteiger partial charge in [0, 0.05) is 38.8 Å². The fourth-order valence-corrected chi connectivity index (χ4v) is 2.52. The number of piperazine rings is 1.